The Bertz CT molecular complexity index is 1190. The van der Waals surface area contributed by atoms with Gasteiger partial charge in [0, 0.05) is 12.0 Å². The van der Waals surface area contributed by atoms with Gasteiger partial charge in [0.2, 0.25) is 0 Å². The summed E-state index contributed by atoms with van der Waals surface area (Å²) in [6.07, 6.45) is -0.768. The lowest BCUT2D eigenvalue weighted by Crippen LogP contribution is -2.39. The van der Waals surface area contributed by atoms with Gasteiger partial charge in [0.15, 0.2) is 5.76 Å². The quantitative estimate of drug-likeness (QED) is 0.417. The zero-order valence-corrected chi connectivity index (χ0v) is 19.6. The molecule has 0 bridgehead atoms. The van der Waals surface area contributed by atoms with Crippen molar-refractivity contribution in [2.45, 2.75) is 38.8 Å². The normalized spacial score (nSPS) is 13.1. The molecule has 0 aliphatic heterocycles. The van der Waals surface area contributed by atoms with Crippen LogP contribution in [0.15, 0.2) is 65.1 Å². The fraction of sp³-hybridized carbons (Fsp3) is 0.296. The van der Waals surface area contributed by atoms with Crippen LogP contribution in [0.2, 0.25) is 0 Å². The van der Waals surface area contributed by atoms with E-state index in [2.05, 4.69) is 34.9 Å². The average Bonchev–Trinajstić information content (AvgIpc) is 3.44. The Morgan fingerprint density at radius 2 is 1.60 bits per heavy atom. The molecule has 3 aromatic rings. The Hall–Kier alpha value is -4.07. The monoisotopic (exact) mass is 476 g/mol. The van der Waals surface area contributed by atoms with Crippen LogP contribution in [0.3, 0.4) is 0 Å². The minimum absolute atomic E-state index is 0.0354. The molecule has 2 amide bonds. The van der Waals surface area contributed by atoms with Crippen molar-refractivity contribution in [1.29, 1.82) is 0 Å². The van der Waals surface area contributed by atoms with Gasteiger partial charge in [-0.1, -0.05) is 62.4 Å². The summed E-state index contributed by atoms with van der Waals surface area (Å²) in [4.78, 5) is 35.8. The molecule has 2 aromatic carbocycles. The van der Waals surface area contributed by atoms with Crippen molar-refractivity contribution in [1.82, 2.24) is 10.6 Å². The molecule has 1 heterocycles. The number of amides is 2. The van der Waals surface area contributed by atoms with Crippen LogP contribution in [0, 0.1) is 5.92 Å². The zero-order chi connectivity index (χ0) is 24.9. The van der Waals surface area contributed by atoms with Crippen molar-refractivity contribution in [2.24, 2.45) is 5.92 Å². The fourth-order valence-corrected chi connectivity index (χ4v) is 4.28. The second-order valence-corrected chi connectivity index (χ2v) is 8.87. The van der Waals surface area contributed by atoms with Crippen LogP contribution in [0.1, 0.15) is 53.6 Å². The maximum atomic E-state index is 12.4. The Balaban J connectivity index is 1.30. The van der Waals surface area contributed by atoms with Crippen LogP contribution in [0.5, 0.6) is 0 Å². The van der Waals surface area contributed by atoms with Crippen molar-refractivity contribution in [3.63, 3.8) is 0 Å². The molecule has 4 rings (SSSR count). The molecule has 8 nitrogen and oxygen atoms in total. The van der Waals surface area contributed by atoms with E-state index in [0.717, 1.165) is 22.3 Å². The third-order valence-corrected chi connectivity index (χ3v) is 6.15. The maximum absolute atomic E-state index is 12.4. The molecule has 3 N–H and O–H groups in total. The number of carboxylic acid groups (broad SMARTS) is 1. The topological polar surface area (TPSA) is 118 Å². The van der Waals surface area contributed by atoms with Crippen LogP contribution >= 0.6 is 0 Å². The van der Waals surface area contributed by atoms with Gasteiger partial charge >= 0.3 is 12.1 Å². The lowest BCUT2D eigenvalue weighted by molar-refractivity contribution is -0.137. The van der Waals surface area contributed by atoms with Crippen molar-refractivity contribution >= 4 is 18.0 Å². The molecule has 0 spiro atoms. The van der Waals surface area contributed by atoms with Gasteiger partial charge in [0.25, 0.3) is 5.91 Å². The van der Waals surface area contributed by atoms with Gasteiger partial charge in [0.1, 0.15) is 12.4 Å². The maximum Gasteiger partial charge on any atom is 0.407 e. The second kappa shape index (κ2) is 10.5. The molecule has 1 atom stereocenters. The number of nitrogens with one attached hydrogen (secondary N) is 2. The zero-order valence-electron chi connectivity index (χ0n) is 19.6. The van der Waals surface area contributed by atoms with E-state index in [4.69, 9.17) is 14.3 Å². The van der Waals surface area contributed by atoms with Crippen LogP contribution in [-0.2, 0) is 16.1 Å². The van der Waals surface area contributed by atoms with Crippen molar-refractivity contribution in [2.75, 3.05) is 6.61 Å². The van der Waals surface area contributed by atoms with E-state index in [-0.39, 0.29) is 37.2 Å². The van der Waals surface area contributed by atoms with E-state index in [1.165, 1.54) is 6.07 Å². The number of benzene rings is 2. The summed E-state index contributed by atoms with van der Waals surface area (Å²) in [6, 6.07) is 18.8. The molecule has 1 aromatic heterocycles. The molecule has 0 saturated carbocycles. The van der Waals surface area contributed by atoms with Gasteiger partial charge < -0.3 is 24.9 Å². The summed E-state index contributed by atoms with van der Waals surface area (Å²) in [5.41, 5.74) is 4.57. The number of rotatable bonds is 9. The molecular weight excluding hydrogens is 448 g/mol. The Morgan fingerprint density at radius 1 is 0.971 bits per heavy atom. The third-order valence-electron chi connectivity index (χ3n) is 6.15. The fourth-order valence-electron chi connectivity index (χ4n) is 4.28. The SMILES string of the molecule is CC(C)C(CC(=O)O)NC(=O)c1ccc(CNC(=O)OCC2c3ccccc3-c3ccccc32)o1. The highest BCUT2D eigenvalue weighted by Gasteiger charge is 2.29. The number of carbonyl (C=O) groups excluding carboxylic acids is 2. The van der Waals surface area contributed by atoms with Crippen LogP contribution in [0.4, 0.5) is 4.79 Å². The number of carbonyl (C=O) groups is 3. The van der Waals surface area contributed by atoms with Crippen molar-refractivity contribution in [3.05, 3.63) is 83.3 Å². The standard InChI is InChI=1S/C27H28N2O6/c1-16(2)23(13-25(30)31)29-26(32)24-12-11-17(35-24)14-28-27(33)34-15-22-20-9-5-3-7-18(20)19-8-4-6-10-21(19)22/h3-12,16,22-23H,13-15H2,1-2H3,(H,28,33)(H,29,32)(H,30,31). The first kappa shape index (κ1) is 24.1. The highest BCUT2D eigenvalue weighted by atomic mass is 16.5. The first-order valence-corrected chi connectivity index (χ1v) is 11.5. The van der Waals surface area contributed by atoms with E-state index < -0.39 is 24.0 Å². The predicted molar refractivity (Wildman–Crippen MR) is 129 cm³/mol. The van der Waals surface area contributed by atoms with E-state index in [0.29, 0.717) is 5.76 Å². The number of carboxylic acids is 1. The first-order valence-electron chi connectivity index (χ1n) is 11.5. The van der Waals surface area contributed by atoms with Gasteiger partial charge in [0.05, 0.1) is 13.0 Å². The molecule has 1 aliphatic carbocycles. The number of hydrogen-bond acceptors (Lipinski definition) is 5. The summed E-state index contributed by atoms with van der Waals surface area (Å²) in [5.74, 6) is -1.16. The number of ether oxygens (including phenoxy) is 1. The van der Waals surface area contributed by atoms with Gasteiger partial charge in [-0.2, -0.15) is 0 Å². The van der Waals surface area contributed by atoms with E-state index in [1.807, 2.05) is 38.1 Å². The summed E-state index contributed by atoms with van der Waals surface area (Å²) < 4.78 is 11.0. The van der Waals surface area contributed by atoms with Crippen molar-refractivity contribution in [3.8, 4) is 11.1 Å². The molecule has 0 saturated heterocycles. The first-order chi connectivity index (χ1) is 16.8. The number of aliphatic carboxylic acids is 1. The lowest BCUT2D eigenvalue weighted by Gasteiger charge is -2.19. The van der Waals surface area contributed by atoms with Crippen LogP contribution in [0.25, 0.3) is 11.1 Å². The molecule has 8 heteroatoms. The average molecular weight is 477 g/mol. The number of fused-ring (bicyclic) bond motifs is 3. The second-order valence-electron chi connectivity index (χ2n) is 8.87. The van der Waals surface area contributed by atoms with E-state index in [9.17, 15) is 14.4 Å². The number of alkyl carbamates (subject to hydrolysis) is 1. The molecular formula is C27H28N2O6. The highest BCUT2D eigenvalue weighted by molar-refractivity contribution is 5.92. The Labute approximate surface area is 203 Å². The summed E-state index contributed by atoms with van der Waals surface area (Å²) in [5, 5.41) is 14.4. The Morgan fingerprint density at radius 3 is 2.20 bits per heavy atom. The van der Waals surface area contributed by atoms with Gasteiger partial charge in [-0.3, -0.25) is 9.59 Å². The molecule has 182 valence electrons. The van der Waals surface area contributed by atoms with E-state index >= 15 is 0 Å². The largest absolute Gasteiger partial charge is 0.481 e. The van der Waals surface area contributed by atoms with Crippen LogP contribution < -0.4 is 10.6 Å². The summed E-state index contributed by atoms with van der Waals surface area (Å²) in [6.45, 7) is 3.91. The number of hydrogen-bond donors (Lipinski definition) is 3. The smallest absolute Gasteiger partial charge is 0.407 e. The van der Waals surface area contributed by atoms with Gasteiger partial charge in [-0.25, -0.2) is 4.79 Å². The van der Waals surface area contributed by atoms with Crippen LogP contribution in [-0.4, -0.2) is 35.7 Å². The summed E-state index contributed by atoms with van der Waals surface area (Å²) >= 11 is 0. The minimum atomic E-state index is -0.989. The predicted octanol–water partition coefficient (Wildman–Crippen LogP) is 4.55. The third kappa shape index (κ3) is 5.54. The van der Waals surface area contributed by atoms with Crippen molar-refractivity contribution < 1.29 is 28.6 Å². The van der Waals surface area contributed by atoms with Gasteiger partial charge in [-0.15, -0.1) is 0 Å². The van der Waals surface area contributed by atoms with E-state index in [1.54, 1.807) is 6.07 Å². The molecule has 35 heavy (non-hydrogen) atoms. The molecule has 1 unspecified atom stereocenters. The minimum Gasteiger partial charge on any atom is -0.481 e. The van der Waals surface area contributed by atoms with Gasteiger partial charge in [-0.05, 0) is 40.3 Å². The highest BCUT2D eigenvalue weighted by Crippen LogP contribution is 2.44. The molecule has 1 aliphatic rings. The number of furan rings is 1. The Kier molecular flexibility index (Phi) is 7.19. The lowest BCUT2D eigenvalue weighted by atomic mass is 9.98. The molecule has 0 fully saturated rings. The summed E-state index contributed by atoms with van der Waals surface area (Å²) in [7, 11) is 0. The molecule has 0 radical (unpaired) electrons.